The number of nitrogens with zero attached hydrogens (tertiary/aromatic N) is 2. The number of hydrogen-bond acceptors (Lipinski definition) is 4. The van der Waals surface area contributed by atoms with Crippen molar-refractivity contribution in [2.24, 2.45) is 17.8 Å². The second kappa shape index (κ2) is 6.96. The lowest BCUT2D eigenvalue weighted by Crippen LogP contribution is -2.48. The molecule has 1 N–H and O–H groups in total. The zero-order valence-corrected chi connectivity index (χ0v) is 16.8. The second-order valence-corrected chi connectivity index (χ2v) is 11.0. The number of nitrogens with one attached hydrogen (secondary N) is 1. The number of hydrogen-bond donors (Lipinski definition) is 1. The van der Waals surface area contributed by atoms with Gasteiger partial charge in [-0.15, -0.1) is 0 Å². The van der Waals surface area contributed by atoms with Gasteiger partial charge in [0.05, 0.1) is 16.6 Å². The summed E-state index contributed by atoms with van der Waals surface area (Å²) < 4.78 is 27.6. The van der Waals surface area contributed by atoms with E-state index >= 15 is 0 Å². The van der Waals surface area contributed by atoms with Crippen LogP contribution < -0.4 is 9.62 Å². The summed E-state index contributed by atoms with van der Waals surface area (Å²) >= 11 is 0. The van der Waals surface area contributed by atoms with E-state index in [4.69, 9.17) is 0 Å². The first-order chi connectivity index (χ1) is 13.1. The highest BCUT2D eigenvalue weighted by Crippen LogP contribution is 2.48. The number of rotatable bonds is 6. The zero-order chi connectivity index (χ0) is 18.4. The van der Waals surface area contributed by atoms with E-state index in [0.717, 1.165) is 68.1 Å². The van der Waals surface area contributed by atoms with Crippen molar-refractivity contribution in [3.63, 3.8) is 0 Å². The molecule has 4 aliphatic rings. The maximum Gasteiger partial charge on any atom is 0.235 e. The van der Waals surface area contributed by atoms with Crippen LogP contribution in [0.5, 0.6) is 0 Å². The SMILES string of the molecule is O=S(=O)(Nc1ccccc1N1CCN(CC2CC3CCC2C3)CC1)C1CC1. The number of para-hydroxylation sites is 2. The van der Waals surface area contributed by atoms with E-state index in [1.807, 2.05) is 18.2 Å². The molecule has 0 amide bonds. The van der Waals surface area contributed by atoms with Crippen LogP contribution in [0.15, 0.2) is 24.3 Å². The number of anilines is 2. The smallest absolute Gasteiger partial charge is 0.235 e. The molecule has 0 aromatic heterocycles. The Morgan fingerprint density at radius 1 is 0.963 bits per heavy atom. The van der Waals surface area contributed by atoms with Crippen molar-refractivity contribution in [3.8, 4) is 0 Å². The van der Waals surface area contributed by atoms with Gasteiger partial charge in [-0.2, -0.15) is 0 Å². The van der Waals surface area contributed by atoms with Crippen molar-refractivity contribution < 1.29 is 8.42 Å². The monoisotopic (exact) mass is 389 g/mol. The summed E-state index contributed by atoms with van der Waals surface area (Å²) in [5.74, 6) is 2.94. The standard InChI is InChI=1S/C21H31N3O2S/c25-27(26,19-7-8-19)22-20-3-1-2-4-21(20)24-11-9-23(10-12-24)15-18-14-16-5-6-17(18)13-16/h1-4,16-19,22H,5-15H2. The van der Waals surface area contributed by atoms with E-state index in [2.05, 4.69) is 20.6 Å². The molecule has 1 saturated heterocycles. The zero-order valence-electron chi connectivity index (χ0n) is 16.0. The Morgan fingerprint density at radius 2 is 1.74 bits per heavy atom. The summed E-state index contributed by atoms with van der Waals surface area (Å²) in [5, 5.41) is -0.191. The van der Waals surface area contributed by atoms with Crippen molar-refractivity contribution in [3.05, 3.63) is 24.3 Å². The van der Waals surface area contributed by atoms with E-state index in [1.165, 1.54) is 32.2 Å². The lowest BCUT2D eigenvalue weighted by atomic mass is 9.88. The molecule has 148 valence electrons. The summed E-state index contributed by atoms with van der Waals surface area (Å²) in [4.78, 5) is 4.99. The molecule has 3 aliphatic carbocycles. The highest BCUT2D eigenvalue weighted by molar-refractivity contribution is 7.93. The molecule has 27 heavy (non-hydrogen) atoms. The minimum absolute atomic E-state index is 0.191. The molecule has 3 atom stereocenters. The molecule has 1 heterocycles. The fourth-order valence-electron chi connectivity index (χ4n) is 5.55. The van der Waals surface area contributed by atoms with Gasteiger partial charge in [-0.25, -0.2) is 8.42 Å². The minimum Gasteiger partial charge on any atom is -0.367 e. The Labute approximate surface area is 163 Å². The van der Waals surface area contributed by atoms with Gasteiger partial charge in [0.25, 0.3) is 0 Å². The first kappa shape index (κ1) is 17.8. The third-order valence-corrected chi connectivity index (χ3v) is 9.06. The Morgan fingerprint density at radius 3 is 2.41 bits per heavy atom. The normalized spacial score (nSPS) is 31.4. The van der Waals surface area contributed by atoms with Gasteiger partial charge in [0.2, 0.25) is 10.0 Å². The van der Waals surface area contributed by atoms with Gasteiger partial charge < -0.3 is 4.90 Å². The maximum atomic E-state index is 12.4. The number of fused-ring (bicyclic) bond motifs is 2. The van der Waals surface area contributed by atoms with E-state index in [9.17, 15) is 8.42 Å². The van der Waals surface area contributed by atoms with Crippen LogP contribution in [0.2, 0.25) is 0 Å². The van der Waals surface area contributed by atoms with Crippen LogP contribution in [0.4, 0.5) is 11.4 Å². The third kappa shape index (κ3) is 3.70. The molecule has 3 saturated carbocycles. The van der Waals surface area contributed by atoms with Crippen molar-refractivity contribution in [1.82, 2.24) is 4.90 Å². The van der Waals surface area contributed by atoms with Crippen molar-refractivity contribution in [2.45, 2.75) is 43.8 Å². The number of benzene rings is 1. The molecular weight excluding hydrogens is 358 g/mol. The van der Waals surface area contributed by atoms with Crippen molar-refractivity contribution >= 4 is 21.4 Å². The van der Waals surface area contributed by atoms with Crippen LogP contribution in [-0.4, -0.2) is 51.3 Å². The van der Waals surface area contributed by atoms with Gasteiger partial charge in [0.1, 0.15) is 0 Å². The van der Waals surface area contributed by atoms with Gasteiger partial charge in [0, 0.05) is 32.7 Å². The average Bonchev–Trinajstić information content (AvgIpc) is 3.35. The molecule has 4 fully saturated rings. The van der Waals surface area contributed by atoms with Crippen LogP contribution in [-0.2, 0) is 10.0 Å². The fraction of sp³-hybridized carbons (Fsp3) is 0.714. The molecule has 5 nitrogen and oxygen atoms in total. The summed E-state index contributed by atoms with van der Waals surface area (Å²) in [7, 11) is -3.22. The Kier molecular flexibility index (Phi) is 4.59. The van der Waals surface area contributed by atoms with E-state index in [1.54, 1.807) is 0 Å². The first-order valence-corrected chi connectivity index (χ1v) is 12.2. The van der Waals surface area contributed by atoms with Crippen molar-refractivity contribution in [2.75, 3.05) is 42.3 Å². The lowest BCUT2D eigenvalue weighted by Gasteiger charge is -2.39. The number of sulfonamides is 1. The molecule has 5 rings (SSSR count). The van der Waals surface area contributed by atoms with Gasteiger partial charge >= 0.3 is 0 Å². The molecule has 2 bridgehead atoms. The Hall–Kier alpha value is -1.27. The molecule has 1 aromatic rings. The molecule has 0 spiro atoms. The molecule has 1 aliphatic heterocycles. The molecule has 6 heteroatoms. The molecular formula is C21H31N3O2S. The quantitative estimate of drug-likeness (QED) is 0.812. The maximum absolute atomic E-state index is 12.4. The first-order valence-electron chi connectivity index (χ1n) is 10.7. The summed E-state index contributed by atoms with van der Waals surface area (Å²) in [6, 6.07) is 7.87. The Bertz CT molecular complexity index is 784. The van der Waals surface area contributed by atoms with Crippen molar-refractivity contribution in [1.29, 1.82) is 0 Å². The minimum atomic E-state index is -3.22. The molecule has 1 aromatic carbocycles. The largest absolute Gasteiger partial charge is 0.367 e. The molecule has 3 unspecified atom stereocenters. The van der Waals surface area contributed by atoms with Crippen LogP contribution in [0.1, 0.15) is 38.5 Å². The van der Waals surface area contributed by atoms with Crippen LogP contribution in [0.3, 0.4) is 0 Å². The summed E-state index contributed by atoms with van der Waals surface area (Å²) in [6.45, 7) is 5.38. The molecule has 0 radical (unpaired) electrons. The van der Waals surface area contributed by atoms with Gasteiger partial charge in [-0.1, -0.05) is 18.6 Å². The van der Waals surface area contributed by atoms with E-state index < -0.39 is 10.0 Å². The fourth-order valence-corrected chi connectivity index (χ4v) is 6.96. The third-order valence-electron chi connectivity index (χ3n) is 7.21. The van der Waals surface area contributed by atoms with Gasteiger partial charge in [-0.05, 0) is 62.0 Å². The second-order valence-electron chi connectivity index (χ2n) is 9.09. The van der Waals surface area contributed by atoms with Crippen LogP contribution in [0, 0.1) is 17.8 Å². The predicted octanol–water partition coefficient (Wildman–Crippen LogP) is 3.15. The van der Waals surface area contributed by atoms with Gasteiger partial charge in [0.15, 0.2) is 0 Å². The van der Waals surface area contributed by atoms with Gasteiger partial charge in [-0.3, -0.25) is 9.62 Å². The highest BCUT2D eigenvalue weighted by atomic mass is 32.2. The number of piperazine rings is 1. The summed E-state index contributed by atoms with van der Waals surface area (Å²) in [5.41, 5.74) is 1.77. The summed E-state index contributed by atoms with van der Waals surface area (Å²) in [6.07, 6.45) is 7.46. The highest BCUT2D eigenvalue weighted by Gasteiger charge is 2.40. The van der Waals surface area contributed by atoms with E-state index in [0.29, 0.717) is 0 Å². The van der Waals surface area contributed by atoms with E-state index in [-0.39, 0.29) is 5.25 Å². The van der Waals surface area contributed by atoms with Crippen LogP contribution >= 0.6 is 0 Å². The topological polar surface area (TPSA) is 52.7 Å². The lowest BCUT2D eigenvalue weighted by molar-refractivity contribution is 0.182. The van der Waals surface area contributed by atoms with Crippen LogP contribution in [0.25, 0.3) is 0 Å². The average molecular weight is 390 g/mol. The predicted molar refractivity (Wildman–Crippen MR) is 110 cm³/mol. The Balaban J connectivity index is 1.21.